The van der Waals surface area contributed by atoms with E-state index in [0.717, 1.165) is 19.3 Å². The first-order chi connectivity index (χ1) is 15.2. The van der Waals surface area contributed by atoms with Crippen LogP contribution in [-0.2, 0) is 14.3 Å². The highest BCUT2D eigenvalue weighted by molar-refractivity contribution is 5.98. The van der Waals surface area contributed by atoms with Gasteiger partial charge in [-0.1, -0.05) is 13.3 Å². The maximum Gasteiger partial charge on any atom is 0.257 e. The highest BCUT2D eigenvalue weighted by Gasteiger charge is 2.35. The Morgan fingerprint density at radius 2 is 1.91 bits per heavy atom. The second-order valence-corrected chi connectivity index (χ2v) is 9.11. The van der Waals surface area contributed by atoms with Gasteiger partial charge in [-0.25, -0.2) is 0 Å². The van der Waals surface area contributed by atoms with Gasteiger partial charge in [-0.05, 0) is 31.9 Å². The van der Waals surface area contributed by atoms with E-state index in [4.69, 9.17) is 9.47 Å². The monoisotopic (exact) mass is 445 g/mol. The summed E-state index contributed by atoms with van der Waals surface area (Å²) in [4.78, 5) is 41.4. The molecule has 0 unspecified atom stereocenters. The van der Waals surface area contributed by atoms with Crippen LogP contribution < -0.4 is 10.1 Å². The fourth-order valence-corrected chi connectivity index (χ4v) is 4.25. The van der Waals surface area contributed by atoms with Crippen molar-refractivity contribution in [3.05, 3.63) is 23.8 Å². The van der Waals surface area contributed by atoms with Crippen LogP contribution in [0.25, 0.3) is 0 Å². The van der Waals surface area contributed by atoms with Crippen molar-refractivity contribution in [1.29, 1.82) is 0 Å². The number of benzene rings is 1. The third-order valence-corrected chi connectivity index (χ3v) is 6.50. The van der Waals surface area contributed by atoms with Crippen molar-refractivity contribution in [1.82, 2.24) is 9.80 Å². The molecule has 3 amide bonds. The number of carbonyl (C=O) groups is 3. The third kappa shape index (κ3) is 5.41. The molecule has 176 valence electrons. The number of hydrogen-bond donors (Lipinski definition) is 1. The first kappa shape index (κ1) is 24.0. The molecule has 3 rings (SSSR count). The van der Waals surface area contributed by atoms with Crippen molar-refractivity contribution in [2.24, 2.45) is 11.8 Å². The summed E-state index contributed by atoms with van der Waals surface area (Å²) in [6.07, 6.45) is 2.75. The highest BCUT2D eigenvalue weighted by atomic mass is 16.5. The van der Waals surface area contributed by atoms with Crippen LogP contribution in [0, 0.1) is 11.8 Å². The summed E-state index contributed by atoms with van der Waals surface area (Å²) in [6.45, 7) is 6.64. The molecule has 1 aromatic rings. The lowest BCUT2D eigenvalue weighted by atomic mass is 9.83. The molecule has 0 spiro atoms. The molecule has 1 aliphatic heterocycles. The average molecular weight is 446 g/mol. The number of hydrogen-bond acceptors (Lipinski definition) is 5. The molecule has 1 aliphatic carbocycles. The molecule has 2 aliphatic rings. The number of fused-ring (bicyclic) bond motifs is 1. The van der Waals surface area contributed by atoms with Crippen molar-refractivity contribution in [3.63, 3.8) is 0 Å². The topological polar surface area (TPSA) is 88.2 Å². The first-order valence-corrected chi connectivity index (χ1v) is 11.3. The summed E-state index contributed by atoms with van der Waals surface area (Å²) >= 11 is 0. The Kier molecular flexibility index (Phi) is 7.77. The lowest BCUT2D eigenvalue weighted by molar-refractivity contribution is -0.142. The number of anilines is 1. The van der Waals surface area contributed by atoms with E-state index in [2.05, 4.69) is 12.2 Å². The van der Waals surface area contributed by atoms with Crippen LogP contribution in [0.1, 0.15) is 50.4 Å². The molecule has 1 heterocycles. The molecule has 1 saturated carbocycles. The molecule has 3 atom stereocenters. The highest BCUT2D eigenvalue weighted by Crippen LogP contribution is 2.31. The number of nitrogens with one attached hydrogen (secondary N) is 1. The molecule has 8 heteroatoms. The molecular formula is C24H35N3O5. The van der Waals surface area contributed by atoms with E-state index in [0.29, 0.717) is 30.1 Å². The second-order valence-electron chi connectivity index (χ2n) is 9.11. The van der Waals surface area contributed by atoms with Crippen LogP contribution in [-0.4, -0.2) is 73.5 Å². The van der Waals surface area contributed by atoms with Gasteiger partial charge in [0, 0.05) is 57.8 Å². The normalized spacial score (nSPS) is 25.0. The van der Waals surface area contributed by atoms with Gasteiger partial charge >= 0.3 is 0 Å². The Morgan fingerprint density at radius 3 is 2.50 bits per heavy atom. The molecule has 1 fully saturated rings. The standard InChI is InChI=1S/C24H35N3O5/c1-15-12-27(23(29)18-7-6-8-18)16(2)14-32-21-11-19(25-17(3)28)9-10-20(21)24(30)26(4)13-22(15)31-5/h9-11,15-16,18,22H,6-8,12-14H2,1-5H3,(H,25,28)/t15-,16-,22+/m1/s1. The second kappa shape index (κ2) is 10.3. The van der Waals surface area contributed by atoms with Crippen LogP contribution >= 0.6 is 0 Å². The fraction of sp³-hybridized carbons (Fsp3) is 0.625. The third-order valence-electron chi connectivity index (χ3n) is 6.50. The molecule has 32 heavy (non-hydrogen) atoms. The quantitative estimate of drug-likeness (QED) is 0.773. The summed E-state index contributed by atoms with van der Waals surface area (Å²) in [5.41, 5.74) is 0.964. The van der Waals surface area contributed by atoms with Crippen LogP contribution in [0.15, 0.2) is 18.2 Å². The number of ether oxygens (including phenoxy) is 2. The molecule has 1 N–H and O–H groups in total. The maximum atomic E-state index is 13.2. The number of nitrogens with zero attached hydrogens (tertiary/aromatic N) is 2. The molecule has 0 saturated heterocycles. The van der Waals surface area contributed by atoms with E-state index in [1.165, 1.54) is 6.92 Å². The molecular weight excluding hydrogens is 410 g/mol. The summed E-state index contributed by atoms with van der Waals surface area (Å²) < 4.78 is 11.8. The molecule has 1 aromatic carbocycles. The maximum absolute atomic E-state index is 13.2. The Hall–Kier alpha value is -2.61. The summed E-state index contributed by atoms with van der Waals surface area (Å²) in [7, 11) is 3.38. The Morgan fingerprint density at radius 1 is 1.19 bits per heavy atom. The number of amides is 3. The minimum atomic E-state index is -0.213. The van der Waals surface area contributed by atoms with E-state index >= 15 is 0 Å². The number of likely N-dealkylation sites (N-methyl/N-ethyl adjacent to an activating group) is 1. The summed E-state index contributed by atoms with van der Waals surface area (Å²) in [5.74, 6) is 0.300. The Labute approximate surface area is 190 Å². The van der Waals surface area contributed by atoms with Gasteiger partial charge in [0.1, 0.15) is 12.4 Å². The average Bonchev–Trinajstić information content (AvgIpc) is 2.70. The lowest BCUT2D eigenvalue weighted by Crippen LogP contribution is -2.51. The number of carbonyl (C=O) groups excluding carboxylic acids is 3. The fourth-order valence-electron chi connectivity index (χ4n) is 4.25. The van der Waals surface area contributed by atoms with Gasteiger partial charge in [-0.3, -0.25) is 14.4 Å². The minimum Gasteiger partial charge on any atom is -0.491 e. The largest absolute Gasteiger partial charge is 0.491 e. The zero-order chi connectivity index (χ0) is 23.4. The van der Waals surface area contributed by atoms with Gasteiger partial charge in [-0.15, -0.1) is 0 Å². The van der Waals surface area contributed by atoms with Crippen molar-refractivity contribution < 1.29 is 23.9 Å². The van der Waals surface area contributed by atoms with Gasteiger partial charge in [0.05, 0.1) is 17.7 Å². The van der Waals surface area contributed by atoms with Crippen molar-refractivity contribution in [3.8, 4) is 5.75 Å². The van der Waals surface area contributed by atoms with Crippen LogP contribution in [0.4, 0.5) is 5.69 Å². The van der Waals surface area contributed by atoms with E-state index in [9.17, 15) is 14.4 Å². The minimum absolute atomic E-state index is 0.0442. The zero-order valence-electron chi connectivity index (χ0n) is 19.7. The van der Waals surface area contributed by atoms with Crippen LogP contribution in [0.5, 0.6) is 5.75 Å². The van der Waals surface area contributed by atoms with Crippen LogP contribution in [0.2, 0.25) is 0 Å². The Bertz CT molecular complexity index is 854. The van der Waals surface area contributed by atoms with Crippen molar-refractivity contribution in [2.45, 2.75) is 52.2 Å². The smallest absolute Gasteiger partial charge is 0.257 e. The summed E-state index contributed by atoms with van der Waals surface area (Å²) in [5, 5.41) is 2.73. The molecule has 0 aromatic heterocycles. The van der Waals surface area contributed by atoms with Gasteiger partial charge in [-0.2, -0.15) is 0 Å². The van der Waals surface area contributed by atoms with Crippen molar-refractivity contribution >= 4 is 23.4 Å². The predicted molar refractivity (Wildman–Crippen MR) is 122 cm³/mol. The molecule has 0 radical (unpaired) electrons. The van der Waals surface area contributed by atoms with Gasteiger partial charge in [0.25, 0.3) is 5.91 Å². The molecule has 0 bridgehead atoms. The van der Waals surface area contributed by atoms with Crippen molar-refractivity contribution in [2.75, 3.05) is 39.2 Å². The summed E-state index contributed by atoms with van der Waals surface area (Å²) in [6, 6.07) is 4.84. The lowest BCUT2D eigenvalue weighted by Gasteiger charge is -2.39. The predicted octanol–water partition coefficient (Wildman–Crippen LogP) is 2.78. The van der Waals surface area contributed by atoms with Gasteiger partial charge in [0.2, 0.25) is 11.8 Å². The van der Waals surface area contributed by atoms with E-state index in [1.54, 1.807) is 37.3 Å². The van der Waals surface area contributed by atoms with Crippen LogP contribution in [0.3, 0.4) is 0 Å². The Balaban J connectivity index is 1.95. The first-order valence-electron chi connectivity index (χ1n) is 11.3. The van der Waals surface area contributed by atoms with Gasteiger partial charge < -0.3 is 24.6 Å². The van der Waals surface area contributed by atoms with E-state index < -0.39 is 0 Å². The van der Waals surface area contributed by atoms with E-state index in [-0.39, 0.29) is 48.3 Å². The molecule has 8 nitrogen and oxygen atoms in total. The zero-order valence-corrected chi connectivity index (χ0v) is 19.7. The van der Waals surface area contributed by atoms with E-state index in [1.807, 2.05) is 11.8 Å². The number of rotatable bonds is 3. The number of methoxy groups -OCH3 is 1. The SMILES string of the molecule is CO[C@H]1CN(C)C(=O)c2ccc(NC(C)=O)cc2OC[C@@H](C)N(C(=O)C2CCC2)C[C@H]1C. The van der Waals surface area contributed by atoms with Gasteiger partial charge in [0.15, 0.2) is 0 Å².